The molecule has 0 spiro atoms. The third-order valence-corrected chi connectivity index (χ3v) is 2.74. The molecule has 2 rings (SSSR count). The molecule has 0 aliphatic rings. The topological polar surface area (TPSA) is 61.3 Å². The second-order valence-electron chi connectivity index (χ2n) is 3.70. The Kier molecular flexibility index (Phi) is 3.10. The molecule has 4 heteroatoms. The van der Waals surface area contributed by atoms with E-state index in [2.05, 4.69) is 11.9 Å². The van der Waals surface area contributed by atoms with E-state index in [1.54, 1.807) is 7.11 Å². The van der Waals surface area contributed by atoms with Gasteiger partial charge in [0.2, 0.25) is 0 Å². The lowest BCUT2D eigenvalue weighted by Crippen LogP contribution is -2.11. The Balaban J connectivity index is 2.50. The number of nitrogens with zero attached hydrogens (tertiary/aromatic N) is 1. The van der Waals surface area contributed by atoms with E-state index in [0.717, 1.165) is 23.3 Å². The first kappa shape index (κ1) is 11.0. The monoisotopic (exact) mass is 220 g/mol. The van der Waals surface area contributed by atoms with Crippen LogP contribution in [0.25, 0.3) is 11.1 Å². The third kappa shape index (κ3) is 1.76. The Morgan fingerprint density at radius 2 is 2.31 bits per heavy atom. The van der Waals surface area contributed by atoms with Gasteiger partial charge in [-0.15, -0.1) is 0 Å². The number of benzene rings is 1. The number of rotatable bonds is 4. The highest BCUT2D eigenvalue weighted by molar-refractivity contribution is 5.79. The second-order valence-corrected chi connectivity index (χ2v) is 3.70. The highest BCUT2D eigenvalue weighted by Gasteiger charge is 2.16. The summed E-state index contributed by atoms with van der Waals surface area (Å²) in [7, 11) is 1.63. The minimum atomic E-state index is 0.178. The zero-order valence-corrected chi connectivity index (χ0v) is 9.56. The van der Waals surface area contributed by atoms with E-state index >= 15 is 0 Å². The van der Waals surface area contributed by atoms with Crippen molar-refractivity contribution in [2.24, 2.45) is 5.73 Å². The molecule has 0 saturated heterocycles. The van der Waals surface area contributed by atoms with Crippen molar-refractivity contribution < 1.29 is 9.15 Å². The molecule has 1 heterocycles. The maximum atomic E-state index is 5.68. The van der Waals surface area contributed by atoms with E-state index in [9.17, 15) is 0 Å². The van der Waals surface area contributed by atoms with Crippen molar-refractivity contribution in [3.8, 4) is 5.75 Å². The number of para-hydroxylation sites is 1. The molecular weight excluding hydrogens is 204 g/mol. The van der Waals surface area contributed by atoms with Crippen LogP contribution >= 0.6 is 0 Å². The molecule has 1 atom stereocenters. The average molecular weight is 220 g/mol. The fourth-order valence-electron chi connectivity index (χ4n) is 1.72. The molecule has 0 aliphatic carbocycles. The van der Waals surface area contributed by atoms with Gasteiger partial charge in [0.05, 0.1) is 7.11 Å². The average Bonchev–Trinajstić information content (AvgIpc) is 2.73. The zero-order valence-electron chi connectivity index (χ0n) is 9.56. The molecule has 2 aromatic rings. The molecule has 0 aliphatic heterocycles. The lowest BCUT2D eigenvalue weighted by Gasteiger charge is -2.05. The molecule has 16 heavy (non-hydrogen) atoms. The molecule has 1 aromatic heterocycles. The molecule has 0 saturated carbocycles. The van der Waals surface area contributed by atoms with Gasteiger partial charge >= 0.3 is 0 Å². The molecule has 1 aromatic carbocycles. The van der Waals surface area contributed by atoms with Crippen molar-refractivity contribution in [1.82, 2.24) is 4.98 Å². The highest BCUT2D eigenvalue weighted by Crippen LogP contribution is 2.28. The van der Waals surface area contributed by atoms with Gasteiger partial charge in [0.15, 0.2) is 17.0 Å². The Bertz CT molecular complexity index is 475. The summed E-state index contributed by atoms with van der Waals surface area (Å²) in [6.45, 7) is 2.62. The molecular formula is C12H16N2O2. The van der Waals surface area contributed by atoms with Crippen LogP contribution < -0.4 is 10.5 Å². The summed E-state index contributed by atoms with van der Waals surface area (Å²) in [5.41, 5.74) is 7.20. The maximum absolute atomic E-state index is 5.68. The molecule has 0 bridgehead atoms. The van der Waals surface area contributed by atoms with E-state index in [-0.39, 0.29) is 5.92 Å². The van der Waals surface area contributed by atoms with Crippen molar-refractivity contribution in [1.29, 1.82) is 0 Å². The van der Waals surface area contributed by atoms with Gasteiger partial charge in [-0.25, -0.2) is 4.98 Å². The number of oxazole rings is 1. The largest absolute Gasteiger partial charge is 0.494 e. The Morgan fingerprint density at radius 1 is 1.50 bits per heavy atom. The zero-order chi connectivity index (χ0) is 11.5. The molecule has 86 valence electrons. The number of hydrogen-bond donors (Lipinski definition) is 1. The van der Waals surface area contributed by atoms with Crippen molar-refractivity contribution in [3.63, 3.8) is 0 Å². The fraction of sp³-hybridized carbons (Fsp3) is 0.417. The van der Waals surface area contributed by atoms with Crippen molar-refractivity contribution in [2.45, 2.75) is 19.3 Å². The van der Waals surface area contributed by atoms with Crippen LogP contribution in [0.2, 0.25) is 0 Å². The lowest BCUT2D eigenvalue weighted by molar-refractivity contribution is 0.419. The Hall–Kier alpha value is -1.55. The Morgan fingerprint density at radius 3 is 2.94 bits per heavy atom. The molecule has 0 amide bonds. The Labute approximate surface area is 94.4 Å². The number of methoxy groups -OCH3 is 1. The van der Waals surface area contributed by atoms with Gasteiger partial charge in [0.1, 0.15) is 5.75 Å². The minimum Gasteiger partial charge on any atom is -0.494 e. The SMILES string of the molecule is CCC(CN)c1nc2c(OC)cccc2o1. The second kappa shape index (κ2) is 4.53. The smallest absolute Gasteiger partial charge is 0.199 e. The van der Waals surface area contributed by atoms with E-state index in [1.807, 2.05) is 18.2 Å². The first-order valence-electron chi connectivity index (χ1n) is 5.43. The molecule has 4 nitrogen and oxygen atoms in total. The number of fused-ring (bicyclic) bond motifs is 1. The van der Waals surface area contributed by atoms with Crippen LogP contribution in [0.15, 0.2) is 22.6 Å². The number of aromatic nitrogens is 1. The van der Waals surface area contributed by atoms with E-state index in [4.69, 9.17) is 14.9 Å². The number of ether oxygens (including phenoxy) is 1. The normalized spacial score (nSPS) is 12.9. The third-order valence-electron chi connectivity index (χ3n) is 2.74. The molecule has 0 fully saturated rings. The molecule has 0 radical (unpaired) electrons. The summed E-state index contributed by atoms with van der Waals surface area (Å²) in [4.78, 5) is 4.45. The van der Waals surface area contributed by atoms with Crippen LogP contribution in [0, 0.1) is 0 Å². The van der Waals surface area contributed by atoms with Gasteiger partial charge in [-0.3, -0.25) is 0 Å². The van der Waals surface area contributed by atoms with E-state index in [1.165, 1.54) is 0 Å². The van der Waals surface area contributed by atoms with Gasteiger partial charge in [0.25, 0.3) is 0 Å². The van der Waals surface area contributed by atoms with Crippen LogP contribution in [-0.2, 0) is 0 Å². The first-order chi connectivity index (χ1) is 7.80. The standard InChI is InChI=1S/C12H16N2O2/c1-3-8(7-13)12-14-11-9(15-2)5-4-6-10(11)16-12/h4-6,8H,3,7,13H2,1-2H3. The summed E-state index contributed by atoms with van der Waals surface area (Å²) in [6.07, 6.45) is 0.922. The van der Waals surface area contributed by atoms with Crippen LogP contribution in [0.4, 0.5) is 0 Å². The van der Waals surface area contributed by atoms with E-state index in [0.29, 0.717) is 12.4 Å². The van der Waals surface area contributed by atoms with Crippen LogP contribution in [0.5, 0.6) is 5.75 Å². The van der Waals surface area contributed by atoms with Crippen LogP contribution in [0.1, 0.15) is 25.2 Å². The summed E-state index contributed by atoms with van der Waals surface area (Å²) in [5, 5.41) is 0. The molecule has 2 N–H and O–H groups in total. The van der Waals surface area contributed by atoms with Gasteiger partial charge in [0, 0.05) is 12.5 Å². The van der Waals surface area contributed by atoms with Crippen molar-refractivity contribution >= 4 is 11.1 Å². The summed E-state index contributed by atoms with van der Waals surface area (Å²) >= 11 is 0. The van der Waals surface area contributed by atoms with Crippen LogP contribution in [0.3, 0.4) is 0 Å². The lowest BCUT2D eigenvalue weighted by atomic mass is 10.1. The van der Waals surface area contributed by atoms with Crippen molar-refractivity contribution in [3.05, 3.63) is 24.1 Å². The van der Waals surface area contributed by atoms with Crippen LogP contribution in [-0.4, -0.2) is 18.6 Å². The minimum absolute atomic E-state index is 0.178. The van der Waals surface area contributed by atoms with Gasteiger partial charge < -0.3 is 14.9 Å². The number of nitrogens with two attached hydrogens (primary N) is 1. The van der Waals surface area contributed by atoms with Gasteiger partial charge in [-0.05, 0) is 18.6 Å². The van der Waals surface area contributed by atoms with Gasteiger partial charge in [-0.2, -0.15) is 0 Å². The highest BCUT2D eigenvalue weighted by atomic mass is 16.5. The summed E-state index contributed by atoms with van der Waals surface area (Å²) < 4.78 is 10.9. The number of hydrogen-bond acceptors (Lipinski definition) is 4. The van der Waals surface area contributed by atoms with Gasteiger partial charge in [-0.1, -0.05) is 13.0 Å². The summed E-state index contributed by atoms with van der Waals surface area (Å²) in [6, 6.07) is 5.65. The predicted octanol–water partition coefficient (Wildman–Crippen LogP) is 2.29. The summed E-state index contributed by atoms with van der Waals surface area (Å²) in [5.74, 6) is 1.61. The first-order valence-corrected chi connectivity index (χ1v) is 5.43. The maximum Gasteiger partial charge on any atom is 0.199 e. The fourth-order valence-corrected chi connectivity index (χ4v) is 1.72. The predicted molar refractivity (Wildman–Crippen MR) is 62.6 cm³/mol. The van der Waals surface area contributed by atoms with E-state index < -0.39 is 0 Å². The van der Waals surface area contributed by atoms with Crippen molar-refractivity contribution in [2.75, 3.05) is 13.7 Å². The quantitative estimate of drug-likeness (QED) is 0.858. The molecule has 1 unspecified atom stereocenters.